The smallest absolute Gasteiger partial charge is 0.375 e. The molecule has 33 heavy (non-hydrogen) atoms. The average molecular weight is 480 g/mol. The van der Waals surface area contributed by atoms with Crippen molar-refractivity contribution in [3.8, 4) is 0 Å². The maximum atomic E-state index is 12.7. The Labute approximate surface area is 182 Å². The number of H-pyrrole nitrogens is 1. The molecule has 9 nitrogen and oxygen atoms in total. The highest BCUT2D eigenvalue weighted by molar-refractivity contribution is 5.76. The zero-order valence-corrected chi connectivity index (χ0v) is 16.9. The number of rotatable bonds is 6. The van der Waals surface area contributed by atoms with Crippen LogP contribution in [0.1, 0.15) is 23.2 Å². The first kappa shape index (κ1) is 24.4. The number of aromatic amines is 1. The van der Waals surface area contributed by atoms with Crippen LogP contribution in [0.2, 0.25) is 0 Å². The number of carbonyl (C=O) groups excluding carboxylic acids is 1. The quantitative estimate of drug-likeness (QED) is 0.497. The van der Waals surface area contributed by atoms with Gasteiger partial charge in [0.15, 0.2) is 0 Å². The maximum absolute atomic E-state index is 12.7. The second-order valence-electron chi connectivity index (χ2n) is 7.04. The standard InChI is InChI=1S/C18H18F6N6O3/c19-17(20,21)11-8-25-16(26-9-11)30-4-2-29(3-5-30)14(31)1-6-33-10-12-7-13(18(22,23)24)15(32)28-27-12/h7-9H,1-6,10H2,(H,28,32). The first-order valence-corrected chi connectivity index (χ1v) is 9.60. The number of halogens is 6. The van der Waals surface area contributed by atoms with Crippen molar-refractivity contribution in [1.29, 1.82) is 0 Å². The number of amides is 1. The number of nitrogens with one attached hydrogen (secondary N) is 1. The van der Waals surface area contributed by atoms with Crippen LogP contribution >= 0.6 is 0 Å². The second kappa shape index (κ2) is 9.72. The van der Waals surface area contributed by atoms with Crippen molar-refractivity contribution in [1.82, 2.24) is 25.1 Å². The third kappa shape index (κ3) is 6.40. The van der Waals surface area contributed by atoms with Gasteiger partial charge in [-0.1, -0.05) is 0 Å². The van der Waals surface area contributed by atoms with Gasteiger partial charge in [0, 0.05) is 38.6 Å². The average Bonchev–Trinajstić information content (AvgIpc) is 2.76. The van der Waals surface area contributed by atoms with E-state index in [1.807, 2.05) is 0 Å². The molecule has 1 fully saturated rings. The predicted molar refractivity (Wildman–Crippen MR) is 100.0 cm³/mol. The van der Waals surface area contributed by atoms with Crippen molar-refractivity contribution in [3.05, 3.63) is 45.6 Å². The molecule has 0 unspecified atom stereocenters. The van der Waals surface area contributed by atoms with Crippen LogP contribution in [0.4, 0.5) is 32.3 Å². The van der Waals surface area contributed by atoms with Crippen molar-refractivity contribution in [3.63, 3.8) is 0 Å². The van der Waals surface area contributed by atoms with E-state index in [4.69, 9.17) is 4.74 Å². The number of hydrogen-bond acceptors (Lipinski definition) is 7. The number of anilines is 1. The third-order valence-corrected chi connectivity index (χ3v) is 4.75. The molecule has 0 saturated carbocycles. The van der Waals surface area contributed by atoms with Gasteiger partial charge in [-0.3, -0.25) is 9.59 Å². The Morgan fingerprint density at radius 1 is 1.03 bits per heavy atom. The fourth-order valence-corrected chi connectivity index (χ4v) is 3.01. The molecule has 180 valence electrons. The Morgan fingerprint density at radius 2 is 1.67 bits per heavy atom. The number of ether oxygens (including phenoxy) is 1. The number of piperazine rings is 1. The Hall–Kier alpha value is -3.23. The van der Waals surface area contributed by atoms with E-state index < -0.39 is 29.0 Å². The molecule has 0 aliphatic carbocycles. The molecule has 1 saturated heterocycles. The Morgan fingerprint density at radius 3 is 2.24 bits per heavy atom. The molecule has 3 rings (SSSR count). The number of nitrogens with zero attached hydrogens (tertiary/aromatic N) is 5. The third-order valence-electron chi connectivity index (χ3n) is 4.75. The van der Waals surface area contributed by atoms with E-state index in [0.717, 1.165) is 0 Å². The van der Waals surface area contributed by atoms with E-state index in [2.05, 4.69) is 15.1 Å². The first-order valence-electron chi connectivity index (χ1n) is 9.60. The normalized spacial score (nSPS) is 15.1. The molecule has 0 spiro atoms. The summed E-state index contributed by atoms with van der Waals surface area (Å²) < 4.78 is 81.2. The Balaban J connectivity index is 1.42. The molecule has 1 amide bonds. The van der Waals surface area contributed by atoms with Gasteiger partial charge in [-0.25, -0.2) is 15.1 Å². The molecule has 0 bridgehead atoms. The molecule has 0 aromatic carbocycles. The summed E-state index contributed by atoms with van der Waals surface area (Å²) in [6, 6.07) is 0.587. The predicted octanol–water partition coefficient (Wildman–Crippen LogP) is 1.85. The Kier molecular flexibility index (Phi) is 7.19. The highest BCUT2D eigenvalue weighted by atomic mass is 19.4. The minimum Gasteiger partial charge on any atom is -0.375 e. The SMILES string of the molecule is O=C(CCOCc1cc(C(F)(F)F)c(=O)[nH]n1)N1CCN(c2ncc(C(F)(F)F)cn2)CC1. The summed E-state index contributed by atoms with van der Waals surface area (Å²) in [6.45, 7) is 0.813. The van der Waals surface area contributed by atoms with Crippen LogP contribution < -0.4 is 10.5 Å². The van der Waals surface area contributed by atoms with Gasteiger partial charge in [0.05, 0.1) is 30.9 Å². The summed E-state index contributed by atoms with van der Waals surface area (Å²) in [4.78, 5) is 34.1. The van der Waals surface area contributed by atoms with Crippen molar-refractivity contribution in [2.24, 2.45) is 0 Å². The van der Waals surface area contributed by atoms with Gasteiger partial charge in [-0.2, -0.15) is 31.4 Å². The molecule has 1 aliphatic heterocycles. The molecule has 2 aromatic rings. The van der Waals surface area contributed by atoms with Crippen LogP contribution in [-0.2, 0) is 28.5 Å². The van der Waals surface area contributed by atoms with Gasteiger partial charge >= 0.3 is 12.4 Å². The molecular formula is C18H18F6N6O3. The largest absolute Gasteiger partial charge is 0.421 e. The summed E-state index contributed by atoms with van der Waals surface area (Å²) in [7, 11) is 0. The monoisotopic (exact) mass is 480 g/mol. The topological polar surface area (TPSA) is 104 Å². The minimum absolute atomic E-state index is 0.0355. The maximum Gasteiger partial charge on any atom is 0.421 e. The van der Waals surface area contributed by atoms with Gasteiger partial charge in [-0.15, -0.1) is 0 Å². The fourth-order valence-electron chi connectivity index (χ4n) is 3.01. The van der Waals surface area contributed by atoms with E-state index in [1.54, 1.807) is 10.00 Å². The molecular weight excluding hydrogens is 462 g/mol. The summed E-state index contributed by atoms with van der Waals surface area (Å²) in [5.41, 5.74) is -3.84. The van der Waals surface area contributed by atoms with Gasteiger partial charge in [-0.05, 0) is 6.07 Å². The molecule has 1 aliphatic rings. The lowest BCUT2D eigenvalue weighted by Gasteiger charge is -2.34. The highest BCUT2D eigenvalue weighted by Crippen LogP contribution is 2.28. The highest BCUT2D eigenvalue weighted by Gasteiger charge is 2.34. The Bertz CT molecular complexity index is 1020. The van der Waals surface area contributed by atoms with Crippen molar-refractivity contribution < 1.29 is 35.9 Å². The van der Waals surface area contributed by atoms with E-state index >= 15 is 0 Å². The molecule has 0 radical (unpaired) electrons. The molecule has 0 atom stereocenters. The zero-order chi connectivity index (χ0) is 24.2. The molecule has 15 heteroatoms. The number of alkyl halides is 6. The van der Waals surface area contributed by atoms with Gasteiger partial charge in [0.25, 0.3) is 5.56 Å². The van der Waals surface area contributed by atoms with E-state index in [-0.39, 0.29) is 37.2 Å². The van der Waals surface area contributed by atoms with Gasteiger partial charge in [0.2, 0.25) is 11.9 Å². The van der Waals surface area contributed by atoms with Gasteiger partial charge < -0.3 is 14.5 Å². The minimum atomic E-state index is -4.82. The summed E-state index contributed by atoms with van der Waals surface area (Å²) in [5, 5.41) is 5.23. The second-order valence-corrected chi connectivity index (χ2v) is 7.04. The van der Waals surface area contributed by atoms with Crippen LogP contribution in [-0.4, -0.2) is 63.8 Å². The number of aromatic nitrogens is 4. The summed E-state index contributed by atoms with van der Waals surface area (Å²) in [6.07, 6.45) is -7.99. The van der Waals surface area contributed by atoms with Crippen LogP contribution in [0.3, 0.4) is 0 Å². The fraction of sp³-hybridized carbons (Fsp3) is 0.500. The van der Waals surface area contributed by atoms with Crippen molar-refractivity contribution in [2.75, 3.05) is 37.7 Å². The first-order chi connectivity index (χ1) is 15.4. The lowest BCUT2D eigenvalue weighted by atomic mass is 10.2. The molecule has 2 aromatic heterocycles. The summed E-state index contributed by atoms with van der Waals surface area (Å²) >= 11 is 0. The molecule has 1 N–H and O–H groups in total. The van der Waals surface area contributed by atoms with E-state index in [1.165, 1.54) is 4.90 Å². The molecule has 3 heterocycles. The van der Waals surface area contributed by atoms with E-state index in [0.29, 0.717) is 44.6 Å². The van der Waals surface area contributed by atoms with Crippen LogP contribution in [0.15, 0.2) is 23.3 Å². The van der Waals surface area contributed by atoms with Crippen LogP contribution in [0.25, 0.3) is 0 Å². The van der Waals surface area contributed by atoms with Crippen LogP contribution in [0.5, 0.6) is 0 Å². The number of hydrogen-bond donors (Lipinski definition) is 1. The summed E-state index contributed by atoms with van der Waals surface area (Å²) in [5.74, 6) is -0.126. The lowest BCUT2D eigenvalue weighted by Crippen LogP contribution is -2.49. The van der Waals surface area contributed by atoms with Crippen molar-refractivity contribution >= 4 is 11.9 Å². The van der Waals surface area contributed by atoms with Crippen molar-refractivity contribution in [2.45, 2.75) is 25.4 Å². The van der Waals surface area contributed by atoms with Gasteiger partial charge in [0.1, 0.15) is 5.56 Å². The zero-order valence-electron chi connectivity index (χ0n) is 16.9. The lowest BCUT2D eigenvalue weighted by molar-refractivity contribution is -0.139. The number of carbonyl (C=O) groups is 1. The van der Waals surface area contributed by atoms with E-state index in [9.17, 15) is 35.9 Å². The van der Waals surface area contributed by atoms with Crippen LogP contribution in [0, 0.1) is 0 Å².